The second-order valence-electron chi connectivity index (χ2n) is 6.36. The van der Waals surface area contributed by atoms with Gasteiger partial charge in [0.05, 0.1) is 13.3 Å². The molecule has 1 unspecified atom stereocenters. The first kappa shape index (κ1) is 16.5. The molecule has 1 fully saturated rings. The van der Waals surface area contributed by atoms with Crippen molar-refractivity contribution in [3.8, 4) is 5.75 Å². The van der Waals surface area contributed by atoms with Gasteiger partial charge in [-0.3, -0.25) is 0 Å². The summed E-state index contributed by atoms with van der Waals surface area (Å²) in [7, 11) is 1.68. The monoisotopic (exact) mass is 327 g/mol. The Bertz CT molecular complexity index is 646. The first-order valence-corrected chi connectivity index (χ1v) is 8.56. The van der Waals surface area contributed by atoms with Gasteiger partial charge in [-0.05, 0) is 42.9 Å². The van der Waals surface area contributed by atoms with Gasteiger partial charge in [0.15, 0.2) is 5.82 Å². The number of anilines is 2. The summed E-state index contributed by atoms with van der Waals surface area (Å²) in [5, 5.41) is 11.6. The summed E-state index contributed by atoms with van der Waals surface area (Å²) >= 11 is 0. The molecule has 2 aromatic rings. The Morgan fingerprint density at radius 3 is 2.88 bits per heavy atom. The van der Waals surface area contributed by atoms with E-state index in [1.54, 1.807) is 13.3 Å². The second kappa shape index (κ2) is 7.95. The van der Waals surface area contributed by atoms with Crippen LogP contribution in [0.3, 0.4) is 0 Å². The third-order valence-corrected chi connectivity index (χ3v) is 4.37. The number of hydrogen-bond acceptors (Lipinski definition) is 6. The Labute approximate surface area is 143 Å². The highest BCUT2D eigenvalue weighted by atomic mass is 16.5. The molecule has 1 saturated heterocycles. The minimum absolute atomic E-state index is 0.689. The molecule has 0 amide bonds. The van der Waals surface area contributed by atoms with Crippen LogP contribution in [0.4, 0.5) is 11.8 Å². The van der Waals surface area contributed by atoms with E-state index in [0.717, 1.165) is 43.6 Å². The van der Waals surface area contributed by atoms with Crippen molar-refractivity contribution in [3.05, 3.63) is 36.0 Å². The Hall–Kier alpha value is -2.37. The minimum Gasteiger partial charge on any atom is -0.497 e. The molecular formula is C18H25N5O. The Balaban J connectivity index is 1.54. The fourth-order valence-electron chi connectivity index (χ4n) is 3.01. The van der Waals surface area contributed by atoms with E-state index in [1.165, 1.54) is 18.4 Å². The van der Waals surface area contributed by atoms with Crippen LogP contribution in [-0.2, 0) is 6.42 Å². The summed E-state index contributed by atoms with van der Waals surface area (Å²) in [6.07, 6.45) is 5.08. The summed E-state index contributed by atoms with van der Waals surface area (Å²) in [6, 6.07) is 8.13. The average Bonchev–Trinajstić information content (AvgIpc) is 2.63. The number of ether oxygens (including phenoxy) is 1. The van der Waals surface area contributed by atoms with E-state index >= 15 is 0 Å². The van der Waals surface area contributed by atoms with Gasteiger partial charge in [0.25, 0.3) is 0 Å². The van der Waals surface area contributed by atoms with E-state index in [0.29, 0.717) is 5.92 Å². The van der Waals surface area contributed by atoms with Crippen LogP contribution >= 0.6 is 0 Å². The lowest BCUT2D eigenvalue weighted by atomic mass is 10.0. The van der Waals surface area contributed by atoms with Crippen molar-refractivity contribution in [1.82, 2.24) is 15.2 Å². The lowest BCUT2D eigenvalue weighted by Gasteiger charge is -2.30. The van der Waals surface area contributed by atoms with Crippen LogP contribution in [0.25, 0.3) is 0 Å². The summed E-state index contributed by atoms with van der Waals surface area (Å²) < 4.78 is 5.18. The zero-order valence-corrected chi connectivity index (χ0v) is 14.4. The van der Waals surface area contributed by atoms with E-state index in [1.807, 2.05) is 12.1 Å². The minimum atomic E-state index is 0.689. The van der Waals surface area contributed by atoms with Crippen LogP contribution in [0.5, 0.6) is 5.75 Å². The smallest absolute Gasteiger partial charge is 0.247 e. The fourth-order valence-corrected chi connectivity index (χ4v) is 3.01. The van der Waals surface area contributed by atoms with Crippen LogP contribution in [0, 0.1) is 5.92 Å². The van der Waals surface area contributed by atoms with E-state index in [2.05, 4.69) is 44.5 Å². The molecule has 128 valence electrons. The molecule has 0 bridgehead atoms. The Morgan fingerprint density at radius 1 is 1.29 bits per heavy atom. The standard InChI is InChI=1S/C18H25N5O/c1-14-4-3-11-23(13-14)18-21-17(12-20-22-18)19-10-9-15-5-7-16(24-2)8-6-15/h5-8,12,14H,3-4,9-11,13H2,1-2H3,(H,19,21,22). The highest BCUT2D eigenvalue weighted by Crippen LogP contribution is 2.20. The van der Waals surface area contributed by atoms with E-state index < -0.39 is 0 Å². The molecule has 6 heteroatoms. The van der Waals surface area contributed by atoms with E-state index in [-0.39, 0.29) is 0 Å². The molecule has 24 heavy (non-hydrogen) atoms. The first-order chi connectivity index (χ1) is 11.7. The molecule has 0 saturated carbocycles. The third kappa shape index (κ3) is 4.34. The Morgan fingerprint density at radius 2 is 2.12 bits per heavy atom. The molecule has 2 heterocycles. The molecule has 1 aromatic heterocycles. The molecule has 1 atom stereocenters. The van der Waals surface area contributed by atoms with Crippen molar-refractivity contribution in [2.75, 3.05) is 37.0 Å². The molecular weight excluding hydrogens is 302 g/mol. The van der Waals surface area contributed by atoms with Crippen molar-refractivity contribution in [3.63, 3.8) is 0 Å². The number of nitrogens with zero attached hydrogens (tertiary/aromatic N) is 4. The predicted octanol–water partition coefficient (Wildman–Crippen LogP) is 2.77. The topological polar surface area (TPSA) is 63.2 Å². The van der Waals surface area contributed by atoms with Gasteiger partial charge in [-0.2, -0.15) is 10.1 Å². The molecule has 0 spiro atoms. The fraction of sp³-hybridized carbons (Fsp3) is 0.500. The zero-order valence-electron chi connectivity index (χ0n) is 14.4. The van der Waals surface area contributed by atoms with Gasteiger partial charge in [0.1, 0.15) is 5.75 Å². The van der Waals surface area contributed by atoms with Gasteiger partial charge in [0, 0.05) is 19.6 Å². The molecule has 1 aromatic carbocycles. The second-order valence-corrected chi connectivity index (χ2v) is 6.36. The number of benzene rings is 1. The quantitative estimate of drug-likeness (QED) is 0.880. The maximum Gasteiger partial charge on any atom is 0.247 e. The van der Waals surface area contributed by atoms with E-state index in [4.69, 9.17) is 4.74 Å². The molecule has 1 aliphatic rings. The van der Waals surface area contributed by atoms with Crippen LogP contribution in [0.15, 0.2) is 30.5 Å². The molecule has 1 aliphatic heterocycles. The van der Waals surface area contributed by atoms with Crippen LogP contribution in [0.2, 0.25) is 0 Å². The summed E-state index contributed by atoms with van der Waals surface area (Å²) in [5.41, 5.74) is 1.26. The number of piperidine rings is 1. The van der Waals surface area contributed by atoms with Gasteiger partial charge >= 0.3 is 0 Å². The maximum atomic E-state index is 5.18. The summed E-state index contributed by atoms with van der Waals surface area (Å²) in [4.78, 5) is 6.84. The van der Waals surface area contributed by atoms with Crippen molar-refractivity contribution < 1.29 is 4.74 Å². The van der Waals surface area contributed by atoms with Crippen molar-refractivity contribution in [1.29, 1.82) is 0 Å². The number of aromatic nitrogens is 3. The number of hydrogen-bond donors (Lipinski definition) is 1. The normalized spacial score (nSPS) is 17.6. The van der Waals surface area contributed by atoms with Gasteiger partial charge in [-0.15, -0.1) is 5.10 Å². The number of nitrogens with one attached hydrogen (secondary N) is 1. The summed E-state index contributed by atoms with van der Waals surface area (Å²) in [6.45, 7) is 5.11. The lowest BCUT2D eigenvalue weighted by molar-refractivity contribution is 0.414. The van der Waals surface area contributed by atoms with Gasteiger partial charge in [-0.1, -0.05) is 19.1 Å². The van der Waals surface area contributed by atoms with Crippen molar-refractivity contribution in [2.45, 2.75) is 26.2 Å². The van der Waals surface area contributed by atoms with Crippen LogP contribution < -0.4 is 15.0 Å². The average molecular weight is 327 g/mol. The predicted molar refractivity (Wildman–Crippen MR) is 95.6 cm³/mol. The van der Waals surface area contributed by atoms with Crippen LogP contribution in [0.1, 0.15) is 25.3 Å². The highest BCUT2D eigenvalue weighted by molar-refractivity contribution is 5.39. The third-order valence-electron chi connectivity index (χ3n) is 4.37. The zero-order chi connectivity index (χ0) is 16.8. The molecule has 0 aliphatic carbocycles. The van der Waals surface area contributed by atoms with Gasteiger partial charge in [0.2, 0.25) is 5.95 Å². The van der Waals surface area contributed by atoms with Gasteiger partial charge in [-0.25, -0.2) is 0 Å². The SMILES string of the molecule is COc1ccc(CCNc2cnnc(N3CCCC(C)C3)n2)cc1. The van der Waals surface area contributed by atoms with Crippen molar-refractivity contribution >= 4 is 11.8 Å². The van der Waals surface area contributed by atoms with Gasteiger partial charge < -0.3 is 15.0 Å². The summed E-state index contributed by atoms with van der Waals surface area (Å²) in [5.74, 6) is 3.09. The maximum absolute atomic E-state index is 5.18. The number of rotatable bonds is 6. The molecule has 6 nitrogen and oxygen atoms in total. The first-order valence-electron chi connectivity index (χ1n) is 8.56. The van der Waals surface area contributed by atoms with E-state index in [9.17, 15) is 0 Å². The molecule has 1 N–H and O–H groups in total. The largest absolute Gasteiger partial charge is 0.497 e. The Kier molecular flexibility index (Phi) is 5.46. The molecule has 3 rings (SSSR count). The lowest BCUT2D eigenvalue weighted by Crippen LogP contribution is -2.35. The van der Waals surface area contributed by atoms with Crippen LogP contribution in [-0.4, -0.2) is 41.9 Å². The number of methoxy groups -OCH3 is 1. The van der Waals surface area contributed by atoms with Crippen molar-refractivity contribution in [2.24, 2.45) is 5.92 Å². The molecule has 0 radical (unpaired) electrons. The highest BCUT2D eigenvalue weighted by Gasteiger charge is 2.19.